The standard InChI is InChI=1S/C17H19NO3/c1-11-8-14(6-7-21-11)18-17(20)15-9-12-4-2-3-5-13(12)10-16(15)19/h2-5,9-11,14,19H,6-8H2,1H3,(H,18,20). The average Bonchev–Trinajstić information content (AvgIpc) is 2.46. The number of carbonyl (C=O) groups excluding carboxylic acids is 1. The average molecular weight is 285 g/mol. The van der Waals surface area contributed by atoms with E-state index in [-0.39, 0.29) is 23.8 Å². The number of carbonyl (C=O) groups is 1. The summed E-state index contributed by atoms with van der Waals surface area (Å²) >= 11 is 0. The Balaban J connectivity index is 1.82. The predicted octanol–water partition coefficient (Wildman–Crippen LogP) is 2.84. The molecule has 2 aromatic carbocycles. The fourth-order valence-corrected chi connectivity index (χ4v) is 2.80. The van der Waals surface area contributed by atoms with E-state index in [9.17, 15) is 9.90 Å². The van der Waals surface area contributed by atoms with Crippen LogP contribution in [-0.4, -0.2) is 29.8 Å². The van der Waals surface area contributed by atoms with Gasteiger partial charge in [0.05, 0.1) is 11.7 Å². The monoisotopic (exact) mass is 285 g/mol. The van der Waals surface area contributed by atoms with E-state index in [4.69, 9.17) is 4.74 Å². The Bertz CT molecular complexity index is 668. The first-order valence-electron chi connectivity index (χ1n) is 7.27. The van der Waals surface area contributed by atoms with Gasteiger partial charge in [-0.25, -0.2) is 0 Å². The molecule has 0 bridgehead atoms. The van der Waals surface area contributed by atoms with E-state index in [1.807, 2.05) is 31.2 Å². The fraction of sp³-hybridized carbons (Fsp3) is 0.353. The van der Waals surface area contributed by atoms with E-state index in [0.29, 0.717) is 12.2 Å². The molecule has 0 saturated carbocycles. The second-order valence-electron chi connectivity index (χ2n) is 5.59. The molecule has 0 aromatic heterocycles. The molecule has 4 nitrogen and oxygen atoms in total. The molecule has 1 saturated heterocycles. The lowest BCUT2D eigenvalue weighted by Gasteiger charge is -2.28. The zero-order valence-electron chi connectivity index (χ0n) is 12.0. The zero-order valence-corrected chi connectivity index (χ0v) is 12.0. The molecular weight excluding hydrogens is 266 g/mol. The SMILES string of the molecule is CC1CC(NC(=O)c2cc3ccccc3cc2O)CCO1. The Labute approximate surface area is 123 Å². The third-order valence-corrected chi connectivity index (χ3v) is 3.93. The summed E-state index contributed by atoms with van der Waals surface area (Å²) in [4.78, 5) is 12.4. The lowest BCUT2D eigenvalue weighted by Crippen LogP contribution is -2.41. The van der Waals surface area contributed by atoms with Crippen molar-refractivity contribution < 1.29 is 14.6 Å². The van der Waals surface area contributed by atoms with Crippen LogP contribution in [0.2, 0.25) is 0 Å². The van der Waals surface area contributed by atoms with Crippen LogP contribution in [0.5, 0.6) is 5.75 Å². The number of ether oxygens (including phenoxy) is 1. The summed E-state index contributed by atoms with van der Waals surface area (Å²) in [5, 5.41) is 14.9. The van der Waals surface area contributed by atoms with Crippen molar-refractivity contribution in [1.82, 2.24) is 5.32 Å². The van der Waals surface area contributed by atoms with Gasteiger partial charge in [-0.1, -0.05) is 24.3 Å². The van der Waals surface area contributed by atoms with Crippen LogP contribution in [0.3, 0.4) is 0 Å². The second kappa shape index (κ2) is 5.74. The molecule has 110 valence electrons. The summed E-state index contributed by atoms with van der Waals surface area (Å²) in [6.45, 7) is 2.67. The van der Waals surface area contributed by atoms with E-state index in [0.717, 1.165) is 23.6 Å². The van der Waals surface area contributed by atoms with Crippen LogP contribution >= 0.6 is 0 Å². The predicted molar refractivity (Wildman–Crippen MR) is 81.5 cm³/mol. The van der Waals surface area contributed by atoms with Crippen molar-refractivity contribution in [3.63, 3.8) is 0 Å². The number of rotatable bonds is 2. The maximum atomic E-state index is 12.4. The van der Waals surface area contributed by atoms with Gasteiger partial charge in [-0.15, -0.1) is 0 Å². The third-order valence-electron chi connectivity index (χ3n) is 3.93. The Morgan fingerprint density at radius 1 is 1.29 bits per heavy atom. The number of benzene rings is 2. The van der Waals surface area contributed by atoms with E-state index < -0.39 is 0 Å². The molecule has 1 amide bonds. The highest BCUT2D eigenvalue weighted by molar-refractivity contribution is 6.01. The second-order valence-corrected chi connectivity index (χ2v) is 5.59. The molecule has 2 aromatic rings. The highest BCUT2D eigenvalue weighted by atomic mass is 16.5. The number of phenolic OH excluding ortho intramolecular Hbond substituents is 1. The van der Waals surface area contributed by atoms with Crippen LogP contribution in [0.15, 0.2) is 36.4 Å². The van der Waals surface area contributed by atoms with Crippen molar-refractivity contribution in [1.29, 1.82) is 0 Å². The van der Waals surface area contributed by atoms with Crippen molar-refractivity contribution in [2.24, 2.45) is 0 Å². The fourth-order valence-electron chi connectivity index (χ4n) is 2.80. The van der Waals surface area contributed by atoms with Gasteiger partial charge in [-0.2, -0.15) is 0 Å². The molecule has 1 heterocycles. The minimum Gasteiger partial charge on any atom is -0.507 e. The van der Waals surface area contributed by atoms with E-state index >= 15 is 0 Å². The van der Waals surface area contributed by atoms with E-state index in [1.54, 1.807) is 12.1 Å². The van der Waals surface area contributed by atoms with Crippen molar-refractivity contribution in [2.45, 2.75) is 31.9 Å². The van der Waals surface area contributed by atoms with Gasteiger partial charge in [0.1, 0.15) is 5.75 Å². The summed E-state index contributed by atoms with van der Waals surface area (Å²) in [6.07, 6.45) is 1.78. The molecule has 2 atom stereocenters. The maximum Gasteiger partial charge on any atom is 0.255 e. The van der Waals surface area contributed by atoms with Crippen LogP contribution in [-0.2, 0) is 4.74 Å². The highest BCUT2D eigenvalue weighted by Gasteiger charge is 2.22. The Morgan fingerprint density at radius 2 is 2.00 bits per heavy atom. The van der Waals surface area contributed by atoms with Crippen LogP contribution in [0.25, 0.3) is 10.8 Å². The lowest BCUT2D eigenvalue weighted by molar-refractivity contribution is 0.0136. The van der Waals surface area contributed by atoms with Crippen molar-refractivity contribution in [2.75, 3.05) is 6.61 Å². The summed E-state index contributed by atoms with van der Waals surface area (Å²) in [5.74, 6) is -0.205. The number of phenols is 1. The van der Waals surface area contributed by atoms with Crippen LogP contribution in [0, 0.1) is 0 Å². The van der Waals surface area contributed by atoms with Crippen LogP contribution < -0.4 is 5.32 Å². The Kier molecular flexibility index (Phi) is 3.80. The van der Waals surface area contributed by atoms with Crippen molar-refractivity contribution in [3.8, 4) is 5.75 Å². The minimum absolute atomic E-state index is 0.0197. The molecule has 1 fully saturated rings. The molecule has 4 heteroatoms. The van der Waals surface area contributed by atoms with Crippen molar-refractivity contribution in [3.05, 3.63) is 42.0 Å². The molecule has 1 aliphatic heterocycles. The van der Waals surface area contributed by atoms with E-state index in [1.165, 1.54) is 0 Å². The number of hydrogen-bond donors (Lipinski definition) is 2. The van der Waals surface area contributed by atoms with Gasteiger partial charge in [-0.05, 0) is 42.7 Å². The first-order valence-corrected chi connectivity index (χ1v) is 7.27. The number of amides is 1. The molecule has 0 aliphatic carbocycles. The molecule has 2 N–H and O–H groups in total. The first-order chi connectivity index (χ1) is 10.1. The number of fused-ring (bicyclic) bond motifs is 1. The van der Waals surface area contributed by atoms with E-state index in [2.05, 4.69) is 5.32 Å². The van der Waals surface area contributed by atoms with Gasteiger partial charge in [0.25, 0.3) is 5.91 Å². The molecule has 0 radical (unpaired) electrons. The summed E-state index contributed by atoms with van der Waals surface area (Å²) in [5.41, 5.74) is 0.327. The van der Waals surface area contributed by atoms with Gasteiger partial charge in [0.15, 0.2) is 0 Å². The molecule has 0 spiro atoms. The summed E-state index contributed by atoms with van der Waals surface area (Å²) in [6, 6.07) is 11.2. The largest absolute Gasteiger partial charge is 0.507 e. The smallest absolute Gasteiger partial charge is 0.255 e. The van der Waals surface area contributed by atoms with Gasteiger partial charge >= 0.3 is 0 Å². The summed E-state index contributed by atoms with van der Waals surface area (Å²) in [7, 11) is 0. The molecule has 2 unspecified atom stereocenters. The third kappa shape index (κ3) is 3.00. The topological polar surface area (TPSA) is 58.6 Å². The van der Waals surface area contributed by atoms with Gasteiger partial charge in [-0.3, -0.25) is 4.79 Å². The highest BCUT2D eigenvalue weighted by Crippen LogP contribution is 2.25. The maximum absolute atomic E-state index is 12.4. The summed E-state index contributed by atoms with van der Waals surface area (Å²) < 4.78 is 5.48. The lowest BCUT2D eigenvalue weighted by atomic mass is 10.0. The molecule has 1 aliphatic rings. The quantitative estimate of drug-likeness (QED) is 0.892. The number of aromatic hydroxyl groups is 1. The Hall–Kier alpha value is -2.07. The minimum atomic E-state index is -0.225. The van der Waals surface area contributed by atoms with Crippen LogP contribution in [0.4, 0.5) is 0 Å². The Morgan fingerprint density at radius 3 is 2.71 bits per heavy atom. The van der Waals surface area contributed by atoms with Gasteiger partial charge in [0.2, 0.25) is 0 Å². The zero-order chi connectivity index (χ0) is 14.8. The number of hydrogen-bond acceptors (Lipinski definition) is 3. The first kappa shape index (κ1) is 13.9. The van der Waals surface area contributed by atoms with Gasteiger partial charge in [0, 0.05) is 12.6 Å². The van der Waals surface area contributed by atoms with Crippen molar-refractivity contribution >= 4 is 16.7 Å². The van der Waals surface area contributed by atoms with Gasteiger partial charge < -0.3 is 15.2 Å². The van der Waals surface area contributed by atoms with Crippen LogP contribution in [0.1, 0.15) is 30.1 Å². The molecular formula is C17H19NO3. The normalized spacial score (nSPS) is 22.1. The number of nitrogens with one attached hydrogen (secondary N) is 1. The molecule has 21 heavy (non-hydrogen) atoms. The molecule has 3 rings (SSSR count).